The van der Waals surface area contributed by atoms with Crippen LogP contribution in [-0.2, 0) is 0 Å². The monoisotopic (exact) mass is 236 g/mol. The molecule has 0 amide bonds. The molecule has 2 heteroatoms. The molecule has 1 rings (SSSR count). The molecule has 0 fully saturated rings. The molecule has 0 saturated carbocycles. The van der Waals surface area contributed by atoms with E-state index in [0.717, 1.165) is 12.0 Å². The van der Waals surface area contributed by atoms with Crippen LogP contribution in [0.4, 0.5) is 0 Å². The highest BCUT2D eigenvalue weighted by Crippen LogP contribution is 2.17. The van der Waals surface area contributed by atoms with Crippen LogP contribution in [-0.4, -0.2) is 12.0 Å². The predicted molar refractivity (Wildman–Crippen MR) is 71.3 cm³/mol. The van der Waals surface area contributed by atoms with Crippen LogP contribution in [0.1, 0.15) is 49.4 Å². The van der Waals surface area contributed by atoms with E-state index < -0.39 is 0 Å². The highest BCUT2D eigenvalue weighted by Gasteiger charge is 2.05. The van der Waals surface area contributed by atoms with E-state index in [9.17, 15) is 4.79 Å². The molecule has 1 aromatic carbocycles. The molecule has 16 heavy (non-hydrogen) atoms. The highest BCUT2D eigenvalue weighted by molar-refractivity contribution is 7.98. The molecule has 0 aliphatic carbocycles. The fourth-order valence-corrected chi connectivity index (χ4v) is 2.11. The first-order valence-electron chi connectivity index (χ1n) is 5.95. The van der Waals surface area contributed by atoms with Crippen molar-refractivity contribution in [3.8, 4) is 0 Å². The summed E-state index contributed by atoms with van der Waals surface area (Å²) in [6.45, 7) is 2.18. The minimum absolute atomic E-state index is 0.284. The molecule has 0 saturated heterocycles. The first-order valence-corrected chi connectivity index (χ1v) is 7.17. The summed E-state index contributed by atoms with van der Waals surface area (Å²) < 4.78 is 0. The van der Waals surface area contributed by atoms with Gasteiger partial charge >= 0.3 is 0 Å². The molecule has 0 unspecified atom stereocenters. The number of thioether (sulfide) groups is 1. The minimum Gasteiger partial charge on any atom is -0.294 e. The number of carbonyl (C=O) groups excluding carboxylic acids is 1. The lowest BCUT2D eigenvalue weighted by atomic mass is 10.0. The zero-order valence-corrected chi connectivity index (χ0v) is 11.0. The maximum absolute atomic E-state index is 11.9. The van der Waals surface area contributed by atoms with Crippen LogP contribution in [0.2, 0.25) is 0 Å². The van der Waals surface area contributed by atoms with Crippen molar-refractivity contribution in [3.63, 3.8) is 0 Å². The van der Waals surface area contributed by atoms with Gasteiger partial charge in [-0.15, -0.1) is 11.8 Å². The average Bonchev–Trinajstić information content (AvgIpc) is 2.34. The zero-order valence-electron chi connectivity index (χ0n) is 10.2. The van der Waals surface area contributed by atoms with E-state index in [0.29, 0.717) is 6.42 Å². The molecule has 0 spiro atoms. The lowest BCUT2D eigenvalue weighted by Gasteiger charge is -2.02. The largest absolute Gasteiger partial charge is 0.294 e. The van der Waals surface area contributed by atoms with E-state index in [1.165, 1.54) is 24.2 Å². The Morgan fingerprint density at radius 3 is 2.75 bits per heavy atom. The Kier molecular flexibility index (Phi) is 6.24. The van der Waals surface area contributed by atoms with Crippen LogP contribution in [0.15, 0.2) is 29.2 Å². The Morgan fingerprint density at radius 1 is 1.25 bits per heavy atom. The Labute approximate surface area is 103 Å². The SMILES string of the molecule is CCCCCCC(=O)c1cccc(SC)c1. The van der Waals surface area contributed by atoms with Gasteiger partial charge in [0.1, 0.15) is 0 Å². The number of hydrogen-bond acceptors (Lipinski definition) is 2. The van der Waals surface area contributed by atoms with Gasteiger partial charge in [-0.05, 0) is 24.8 Å². The molecule has 0 N–H and O–H groups in total. The molecular weight excluding hydrogens is 216 g/mol. The molecule has 0 bridgehead atoms. The molecule has 88 valence electrons. The third-order valence-corrected chi connectivity index (χ3v) is 3.37. The van der Waals surface area contributed by atoms with E-state index in [1.54, 1.807) is 11.8 Å². The number of ketones is 1. The fraction of sp³-hybridized carbons (Fsp3) is 0.500. The van der Waals surface area contributed by atoms with Gasteiger partial charge in [0.05, 0.1) is 0 Å². The van der Waals surface area contributed by atoms with Crippen LogP contribution in [0.3, 0.4) is 0 Å². The molecule has 1 aromatic rings. The van der Waals surface area contributed by atoms with Gasteiger partial charge in [0.2, 0.25) is 0 Å². The summed E-state index contributed by atoms with van der Waals surface area (Å²) in [5.41, 5.74) is 0.864. The Bertz CT molecular complexity index is 333. The van der Waals surface area contributed by atoms with Crippen molar-refractivity contribution >= 4 is 17.5 Å². The van der Waals surface area contributed by atoms with Crippen molar-refractivity contribution < 1.29 is 4.79 Å². The third-order valence-electron chi connectivity index (χ3n) is 2.65. The molecule has 0 aliphatic rings. The summed E-state index contributed by atoms with van der Waals surface area (Å²) >= 11 is 1.68. The van der Waals surface area contributed by atoms with Gasteiger partial charge in [0.25, 0.3) is 0 Å². The highest BCUT2D eigenvalue weighted by atomic mass is 32.2. The van der Waals surface area contributed by atoms with Gasteiger partial charge in [-0.1, -0.05) is 38.3 Å². The summed E-state index contributed by atoms with van der Waals surface area (Å²) in [4.78, 5) is 13.0. The van der Waals surface area contributed by atoms with Crippen LogP contribution >= 0.6 is 11.8 Å². The number of carbonyl (C=O) groups is 1. The van der Waals surface area contributed by atoms with Crippen molar-refractivity contribution in [2.24, 2.45) is 0 Å². The van der Waals surface area contributed by atoms with Gasteiger partial charge in [-0.3, -0.25) is 4.79 Å². The first-order chi connectivity index (χ1) is 7.77. The molecule has 0 radical (unpaired) electrons. The van der Waals surface area contributed by atoms with Crippen LogP contribution in [0.5, 0.6) is 0 Å². The Morgan fingerprint density at radius 2 is 2.06 bits per heavy atom. The molecule has 0 aliphatic heterocycles. The minimum atomic E-state index is 0.284. The summed E-state index contributed by atoms with van der Waals surface area (Å²) in [6, 6.07) is 7.92. The number of unbranched alkanes of at least 4 members (excludes halogenated alkanes) is 3. The summed E-state index contributed by atoms with van der Waals surface area (Å²) in [6.07, 6.45) is 7.37. The van der Waals surface area contributed by atoms with Crippen molar-refractivity contribution in [3.05, 3.63) is 29.8 Å². The second-order valence-corrected chi connectivity index (χ2v) is 4.85. The predicted octanol–water partition coefficient (Wildman–Crippen LogP) is 4.56. The van der Waals surface area contributed by atoms with E-state index in [2.05, 4.69) is 6.92 Å². The second-order valence-electron chi connectivity index (χ2n) is 3.97. The maximum Gasteiger partial charge on any atom is 0.162 e. The molecular formula is C14H20OS. The van der Waals surface area contributed by atoms with Gasteiger partial charge in [-0.2, -0.15) is 0 Å². The van der Waals surface area contributed by atoms with Crippen LogP contribution in [0, 0.1) is 0 Å². The normalized spacial score (nSPS) is 10.4. The van der Waals surface area contributed by atoms with Gasteiger partial charge in [-0.25, -0.2) is 0 Å². The van der Waals surface area contributed by atoms with Gasteiger partial charge in [0, 0.05) is 16.9 Å². The van der Waals surface area contributed by atoms with Gasteiger partial charge in [0.15, 0.2) is 5.78 Å². The number of hydrogen-bond donors (Lipinski definition) is 0. The Hall–Kier alpha value is -0.760. The van der Waals surface area contributed by atoms with Crippen LogP contribution < -0.4 is 0 Å². The van der Waals surface area contributed by atoms with Crippen molar-refractivity contribution in [2.45, 2.75) is 43.9 Å². The fourth-order valence-electron chi connectivity index (χ4n) is 1.65. The molecule has 0 atom stereocenters. The molecule has 0 heterocycles. The third kappa shape index (κ3) is 4.40. The molecule has 0 aromatic heterocycles. The quantitative estimate of drug-likeness (QED) is 0.392. The lowest BCUT2D eigenvalue weighted by molar-refractivity contribution is 0.0979. The topological polar surface area (TPSA) is 17.1 Å². The lowest BCUT2D eigenvalue weighted by Crippen LogP contribution is -1.98. The maximum atomic E-state index is 11.9. The van der Waals surface area contributed by atoms with Crippen LogP contribution in [0.25, 0.3) is 0 Å². The number of benzene rings is 1. The average molecular weight is 236 g/mol. The summed E-state index contributed by atoms with van der Waals surface area (Å²) in [5, 5.41) is 0. The summed E-state index contributed by atoms with van der Waals surface area (Å²) in [7, 11) is 0. The van der Waals surface area contributed by atoms with E-state index >= 15 is 0 Å². The number of rotatable bonds is 7. The zero-order chi connectivity index (χ0) is 11.8. The van der Waals surface area contributed by atoms with Gasteiger partial charge < -0.3 is 0 Å². The standard InChI is InChI=1S/C14H20OS/c1-3-4-5-6-10-14(15)12-8-7-9-13(11-12)16-2/h7-9,11H,3-6,10H2,1-2H3. The first kappa shape index (κ1) is 13.3. The van der Waals surface area contributed by atoms with E-state index in [-0.39, 0.29) is 5.78 Å². The second kappa shape index (κ2) is 7.50. The Balaban J connectivity index is 2.46. The molecule has 1 nitrogen and oxygen atoms in total. The van der Waals surface area contributed by atoms with Crippen molar-refractivity contribution in [1.29, 1.82) is 0 Å². The number of Topliss-reactive ketones (excluding diaryl/α,β-unsaturated/α-hetero) is 1. The van der Waals surface area contributed by atoms with Crippen molar-refractivity contribution in [2.75, 3.05) is 6.26 Å². The van der Waals surface area contributed by atoms with Crippen molar-refractivity contribution in [1.82, 2.24) is 0 Å². The van der Waals surface area contributed by atoms with E-state index in [4.69, 9.17) is 0 Å². The van der Waals surface area contributed by atoms with E-state index in [1.807, 2.05) is 30.5 Å². The smallest absolute Gasteiger partial charge is 0.162 e. The summed E-state index contributed by atoms with van der Waals surface area (Å²) in [5.74, 6) is 0.284.